The molecule has 5 nitrogen and oxygen atoms in total. The Morgan fingerprint density at radius 2 is 2.15 bits per heavy atom. The smallest absolute Gasteiger partial charge is 0.261 e. The molecule has 2 amide bonds. The molecule has 4 heterocycles. The van der Waals surface area contributed by atoms with Crippen LogP contribution in [0.1, 0.15) is 45.4 Å². The third-order valence-electron chi connectivity index (χ3n) is 5.25. The maximum Gasteiger partial charge on any atom is 0.261 e. The van der Waals surface area contributed by atoms with Crippen molar-refractivity contribution in [2.75, 3.05) is 19.7 Å². The van der Waals surface area contributed by atoms with Crippen molar-refractivity contribution in [1.29, 1.82) is 0 Å². The van der Waals surface area contributed by atoms with Crippen LogP contribution in [0.25, 0.3) is 0 Å². The van der Waals surface area contributed by atoms with Crippen LogP contribution < -0.4 is 5.32 Å². The van der Waals surface area contributed by atoms with Crippen LogP contribution in [0.3, 0.4) is 0 Å². The predicted octanol–water partition coefficient (Wildman–Crippen LogP) is 3.15. The largest absolute Gasteiger partial charge is 0.369 e. The number of fused-ring (bicyclic) bond motifs is 2. The lowest BCUT2D eigenvalue weighted by atomic mass is 9.85. The van der Waals surface area contributed by atoms with Gasteiger partial charge in [0.1, 0.15) is 5.60 Å². The molecule has 4 rings (SSSR count). The second kappa shape index (κ2) is 7.13. The summed E-state index contributed by atoms with van der Waals surface area (Å²) in [6, 6.07) is 4.06. The van der Waals surface area contributed by atoms with Crippen molar-refractivity contribution in [3.63, 3.8) is 0 Å². The number of hydrogen-bond acceptors (Lipinski definition) is 5. The highest BCUT2D eigenvalue weighted by Gasteiger charge is 2.43. The lowest BCUT2D eigenvalue weighted by molar-refractivity contribution is -0.138. The Labute approximate surface area is 161 Å². The molecular weight excluding hydrogens is 368 g/mol. The normalized spacial score (nSPS) is 18.6. The van der Waals surface area contributed by atoms with Crippen LogP contribution in [-0.4, -0.2) is 36.4 Å². The van der Waals surface area contributed by atoms with Gasteiger partial charge >= 0.3 is 0 Å². The second-order valence-electron chi connectivity index (χ2n) is 6.88. The first-order chi connectivity index (χ1) is 12.6. The van der Waals surface area contributed by atoms with E-state index in [1.54, 1.807) is 29.6 Å². The average molecular weight is 391 g/mol. The number of amides is 2. The summed E-state index contributed by atoms with van der Waals surface area (Å²) in [6.45, 7) is 4.28. The van der Waals surface area contributed by atoms with E-state index in [1.165, 1.54) is 10.4 Å². The van der Waals surface area contributed by atoms with Crippen LogP contribution in [0.4, 0.5) is 0 Å². The van der Waals surface area contributed by atoms with Crippen molar-refractivity contribution in [3.05, 3.63) is 43.8 Å². The Balaban J connectivity index is 1.50. The van der Waals surface area contributed by atoms with Gasteiger partial charge in [0.15, 0.2) is 0 Å². The van der Waals surface area contributed by atoms with Gasteiger partial charge in [-0.15, -0.1) is 11.3 Å². The van der Waals surface area contributed by atoms with E-state index in [1.807, 2.05) is 27.8 Å². The van der Waals surface area contributed by atoms with Crippen LogP contribution in [0.5, 0.6) is 0 Å². The first kappa shape index (κ1) is 17.7. The fourth-order valence-electron chi connectivity index (χ4n) is 3.75. The van der Waals surface area contributed by atoms with Crippen LogP contribution in [0, 0.1) is 0 Å². The number of rotatable bonds is 3. The summed E-state index contributed by atoms with van der Waals surface area (Å²) in [6.07, 6.45) is 2.45. The minimum Gasteiger partial charge on any atom is -0.369 e. The number of ether oxygens (including phenoxy) is 1. The highest BCUT2D eigenvalue weighted by Crippen LogP contribution is 2.45. The number of likely N-dealkylation sites (tertiary alicyclic amines) is 1. The zero-order valence-corrected chi connectivity index (χ0v) is 16.4. The maximum absolute atomic E-state index is 12.6. The van der Waals surface area contributed by atoms with Gasteiger partial charge in [-0.25, -0.2) is 0 Å². The maximum atomic E-state index is 12.6. The van der Waals surface area contributed by atoms with E-state index in [-0.39, 0.29) is 17.4 Å². The molecule has 2 aliphatic heterocycles. The number of nitrogens with zero attached hydrogens (tertiary/aromatic N) is 1. The molecule has 1 saturated heterocycles. The Morgan fingerprint density at radius 3 is 2.85 bits per heavy atom. The number of piperidine rings is 1. The molecule has 0 bridgehead atoms. The van der Waals surface area contributed by atoms with E-state index in [4.69, 9.17) is 4.74 Å². The molecule has 2 aromatic heterocycles. The predicted molar refractivity (Wildman–Crippen MR) is 103 cm³/mol. The Morgan fingerprint density at radius 1 is 1.35 bits per heavy atom. The number of carbonyl (C=O) groups excluding carboxylic acids is 2. The van der Waals surface area contributed by atoms with Gasteiger partial charge in [0.05, 0.1) is 11.5 Å². The lowest BCUT2D eigenvalue weighted by Gasteiger charge is -2.43. The van der Waals surface area contributed by atoms with Crippen molar-refractivity contribution in [2.45, 2.75) is 38.3 Å². The molecule has 1 fully saturated rings. The molecule has 1 spiro atoms. The SMILES string of the molecule is CC(=O)N1CCC2(CC1)OCCc1cc(C(=O)NCc3ccsc3)sc12. The van der Waals surface area contributed by atoms with E-state index < -0.39 is 0 Å². The van der Waals surface area contributed by atoms with Crippen molar-refractivity contribution in [3.8, 4) is 0 Å². The molecule has 2 aliphatic rings. The average Bonchev–Trinajstić information content (AvgIpc) is 3.30. The molecule has 0 radical (unpaired) electrons. The molecule has 0 atom stereocenters. The molecule has 7 heteroatoms. The summed E-state index contributed by atoms with van der Waals surface area (Å²) in [5, 5.41) is 7.07. The standard InChI is InChI=1S/C19H22N2O3S2/c1-13(22)21-6-4-19(5-7-21)17-15(2-8-24-19)10-16(26-17)18(23)20-11-14-3-9-25-12-14/h3,9-10,12H,2,4-8,11H2,1H3,(H,20,23). The van der Waals surface area contributed by atoms with Crippen molar-refractivity contribution >= 4 is 34.5 Å². The molecule has 2 aromatic rings. The van der Waals surface area contributed by atoms with Gasteiger partial charge in [-0.3, -0.25) is 9.59 Å². The molecule has 1 N–H and O–H groups in total. The van der Waals surface area contributed by atoms with Gasteiger partial charge in [0, 0.05) is 31.4 Å². The monoisotopic (exact) mass is 390 g/mol. The van der Waals surface area contributed by atoms with Crippen molar-refractivity contribution in [2.24, 2.45) is 0 Å². The van der Waals surface area contributed by atoms with Crippen molar-refractivity contribution < 1.29 is 14.3 Å². The summed E-state index contributed by atoms with van der Waals surface area (Å²) < 4.78 is 6.22. The first-order valence-electron chi connectivity index (χ1n) is 8.89. The van der Waals surface area contributed by atoms with Gasteiger partial charge < -0.3 is 15.0 Å². The van der Waals surface area contributed by atoms with Gasteiger partial charge in [0.2, 0.25) is 5.91 Å². The molecule has 0 saturated carbocycles. The minimum absolute atomic E-state index is 0.0214. The Hall–Kier alpha value is -1.70. The molecule has 0 unspecified atom stereocenters. The number of nitrogens with one attached hydrogen (secondary N) is 1. The van der Waals surface area contributed by atoms with E-state index in [9.17, 15) is 9.59 Å². The van der Waals surface area contributed by atoms with Crippen LogP contribution in [-0.2, 0) is 28.1 Å². The number of hydrogen-bond donors (Lipinski definition) is 1. The van der Waals surface area contributed by atoms with Crippen LogP contribution in [0.2, 0.25) is 0 Å². The molecule has 0 aromatic carbocycles. The summed E-state index contributed by atoms with van der Waals surface area (Å²) in [4.78, 5) is 28.0. The second-order valence-corrected chi connectivity index (χ2v) is 8.71. The fraction of sp³-hybridized carbons (Fsp3) is 0.474. The summed E-state index contributed by atoms with van der Waals surface area (Å²) in [5.74, 6) is 0.0995. The van der Waals surface area contributed by atoms with E-state index in [0.717, 1.165) is 29.7 Å². The topological polar surface area (TPSA) is 58.6 Å². The van der Waals surface area contributed by atoms with E-state index in [2.05, 4.69) is 5.32 Å². The van der Waals surface area contributed by atoms with Gasteiger partial charge in [0.25, 0.3) is 5.91 Å². The third kappa shape index (κ3) is 3.31. The first-order valence-corrected chi connectivity index (χ1v) is 10.7. The van der Waals surface area contributed by atoms with Crippen LogP contribution >= 0.6 is 22.7 Å². The van der Waals surface area contributed by atoms with E-state index in [0.29, 0.717) is 26.2 Å². The summed E-state index contributed by atoms with van der Waals surface area (Å²) in [5.41, 5.74) is 2.04. The highest BCUT2D eigenvalue weighted by atomic mass is 32.1. The van der Waals surface area contributed by atoms with Gasteiger partial charge in [-0.1, -0.05) is 0 Å². The molecule has 0 aliphatic carbocycles. The fourth-order valence-corrected chi connectivity index (χ4v) is 5.75. The zero-order valence-electron chi connectivity index (χ0n) is 14.7. The van der Waals surface area contributed by atoms with Crippen molar-refractivity contribution in [1.82, 2.24) is 10.2 Å². The minimum atomic E-state index is -0.323. The molecule has 138 valence electrons. The highest BCUT2D eigenvalue weighted by molar-refractivity contribution is 7.14. The lowest BCUT2D eigenvalue weighted by Crippen LogP contribution is -2.47. The molecule has 26 heavy (non-hydrogen) atoms. The quantitative estimate of drug-likeness (QED) is 0.876. The third-order valence-corrected chi connectivity index (χ3v) is 7.34. The van der Waals surface area contributed by atoms with Crippen LogP contribution in [0.15, 0.2) is 22.9 Å². The number of carbonyl (C=O) groups is 2. The Kier molecular flexibility index (Phi) is 4.86. The number of thiophene rings is 2. The summed E-state index contributed by atoms with van der Waals surface area (Å²) in [7, 11) is 0. The Bertz CT molecular complexity index is 805. The molecular formula is C19H22N2O3S2. The van der Waals surface area contributed by atoms with Gasteiger partial charge in [-0.2, -0.15) is 11.3 Å². The van der Waals surface area contributed by atoms with E-state index >= 15 is 0 Å². The van der Waals surface area contributed by atoms with Gasteiger partial charge in [-0.05, 0) is 53.3 Å². The zero-order chi connectivity index (χ0) is 18.1. The summed E-state index contributed by atoms with van der Waals surface area (Å²) >= 11 is 3.19.